The van der Waals surface area contributed by atoms with Crippen molar-refractivity contribution in [2.45, 2.75) is 6.54 Å². The Hall–Kier alpha value is -2.09. The molecule has 0 saturated heterocycles. The van der Waals surface area contributed by atoms with Gasteiger partial charge in [-0.1, -0.05) is 29.8 Å². The Morgan fingerprint density at radius 2 is 1.85 bits per heavy atom. The number of carbonyl (C=O) groups is 1. The number of carbonyl (C=O) groups excluding carboxylic acids is 1. The number of ether oxygens (including phenoxy) is 1. The van der Waals surface area contributed by atoms with Crippen molar-refractivity contribution < 1.29 is 22.1 Å². The highest BCUT2D eigenvalue weighted by atomic mass is 35.5. The molecule has 0 unspecified atom stereocenters. The largest absolute Gasteiger partial charge is 0.383 e. The Balaban J connectivity index is 2.15. The molecule has 0 saturated carbocycles. The van der Waals surface area contributed by atoms with Crippen LogP contribution in [0.3, 0.4) is 0 Å². The average Bonchev–Trinajstić information content (AvgIpc) is 2.58. The molecule has 0 spiro atoms. The third kappa shape index (κ3) is 6.33. The smallest absolute Gasteiger partial charge is 0.306 e. The lowest BCUT2D eigenvalue weighted by molar-refractivity contribution is 0.0680. The van der Waals surface area contributed by atoms with E-state index in [-0.39, 0.29) is 11.7 Å². The van der Waals surface area contributed by atoms with E-state index >= 15 is 0 Å². The van der Waals surface area contributed by atoms with Crippen LogP contribution in [0.25, 0.3) is 0 Å². The predicted octanol–water partition coefficient (Wildman–Crippen LogP) is 2.97. The number of methoxy groups -OCH3 is 1. The topological polar surface area (TPSA) is 72.9 Å². The third-order valence-corrected chi connectivity index (χ3v) is 4.20. The molecule has 0 N–H and O–H groups in total. The molecule has 0 aliphatic heterocycles. The molecule has 26 heavy (non-hydrogen) atoms. The number of halogens is 1. The first-order valence-electron chi connectivity index (χ1n) is 7.80. The average molecular weight is 398 g/mol. The van der Waals surface area contributed by atoms with E-state index in [9.17, 15) is 13.2 Å². The lowest BCUT2D eigenvalue weighted by Crippen LogP contribution is -2.33. The fourth-order valence-electron chi connectivity index (χ4n) is 2.30. The van der Waals surface area contributed by atoms with Crippen molar-refractivity contribution in [3.8, 4) is 5.75 Å². The van der Waals surface area contributed by atoms with Gasteiger partial charge in [-0.2, -0.15) is 8.42 Å². The van der Waals surface area contributed by atoms with E-state index in [0.717, 1.165) is 11.8 Å². The molecule has 8 heteroatoms. The van der Waals surface area contributed by atoms with Gasteiger partial charge in [0.25, 0.3) is 5.91 Å². The van der Waals surface area contributed by atoms with Crippen LogP contribution in [-0.4, -0.2) is 45.7 Å². The predicted molar refractivity (Wildman–Crippen MR) is 100.0 cm³/mol. The SMILES string of the molecule is COCCN(Cc1ccc(OS(C)(=O)=O)cc1)C(=O)c1cccc(Cl)c1. The van der Waals surface area contributed by atoms with Crippen LogP contribution in [0, 0.1) is 0 Å². The van der Waals surface area contributed by atoms with Gasteiger partial charge in [-0.3, -0.25) is 4.79 Å². The van der Waals surface area contributed by atoms with Gasteiger partial charge >= 0.3 is 10.1 Å². The second kappa shape index (κ2) is 9.02. The van der Waals surface area contributed by atoms with E-state index in [2.05, 4.69) is 0 Å². The zero-order chi connectivity index (χ0) is 19.2. The number of benzene rings is 2. The summed E-state index contributed by atoms with van der Waals surface area (Å²) in [5, 5.41) is 0.491. The van der Waals surface area contributed by atoms with Crippen molar-refractivity contribution in [1.29, 1.82) is 0 Å². The number of amides is 1. The minimum Gasteiger partial charge on any atom is -0.383 e. The molecule has 0 heterocycles. The minimum absolute atomic E-state index is 0.166. The van der Waals surface area contributed by atoms with Crippen LogP contribution in [-0.2, 0) is 21.4 Å². The van der Waals surface area contributed by atoms with Crippen molar-refractivity contribution in [2.75, 3.05) is 26.5 Å². The molecule has 2 aromatic carbocycles. The fourth-order valence-corrected chi connectivity index (χ4v) is 2.95. The molecule has 2 aromatic rings. The number of hydrogen-bond acceptors (Lipinski definition) is 5. The summed E-state index contributed by atoms with van der Waals surface area (Å²) in [6, 6.07) is 13.3. The van der Waals surface area contributed by atoms with E-state index in [4.69, 9.17) is 20.5 Å². The summed E-state index contributed by atoms with van der Waals surface area (Å²) in [5.41, 5.74) is 1.32. The highest BCUT2D eigenvalue weighted by Gasteiger charge is 2.16. The van der Waals surface area contributed by atoms with Gasteiger partial charge in [-0.15, -0.1) is 0 Å². The molecule has 0 bridgehead atoms. The summed E-state index contributed by atoms with van der Waals surface area (Å²) in [6.07, 6.45) is 0.983. The molecule has 0 atom stereocenters. The lowest BCUT2D eigenvalue weighted by Gasteiger charge is -2.23. The number of rotatable bonds is 8. The normalized spacial score (nSPS) is 11.2. The Morgan fingerprint density at radius 1 is 1.15 bits per heavy atom. The van der Waals surface area contributed by atoms with Gasteiger partial charge in [0.1, 0.15) is 5.75 Å². The zero-order valence-electron chi connectivity index (χ0n) is 14.5. The molecule has 0 fully saturated rings. The van der Waals surface area contributed by atoms with E-state index in [0.29, 0.717) is 30.3 Å². The third-order valence-electron chi connectivity index (χ3n) is 3.47. The molecule has 0 aromatic heterocycles. The molecule has 140 valence electrons. The van der Waals surface area contributed by atoms with Crippen LogP contribution in [0.15, 0.2) is 48.5 Å². The fraction of sp³-hybridized carbons (Fsp3) is 0.278. The van der Waals surface area contributed by atoms with Crippen molar-refractivity contribution in [2.24, 2.45) is 0 Å². The van der Waals surface area contributed by atoms with Crippen LogP contribution in [0.2, 0.25) is 5.02 Å². The van der Waals surface area contributed by atoms with Gasteiger partial charge in [0, 0.05) is 30.8 Å². The summed E-state index contributed by atoms with van der Waals surface area (Å²) in [6.45, 7) is 1.14. The monoisotopic (exact) mass is 397 g/mol. The first-order chi connectivity index (χ1) is 12.3. The van der Waals surface area contributed by atoms with Crippen LogP contribution in [0.5, 0.6) is 5.75 Å². The highest BCUT2D eigenvalue weighted by Crippen LogP contribution is 2.17. The summed E-state index contributed by atoms with van der Waals surface area (Å²) < 4.78 is 32.2. The summed E-state index contributed by atoms with van der Waals surface area (Å²) in [7, 11) is -2.00. The number of nitrogens with zero attached hydrogens (tertiary/aromatic N) is 1. The molecule has 0 radical (unpaired) electrons. The maximum absolute atomic E-state index is 12.8. The van der Waals surface area contributed by atoms with Crippen molar-refractivity contribution in [3.63, 3.8) is 0 Å². The molecule has 1 amide bonds. The number of hydrogen-bond donors (Lipinski definition) is 0. The molecular formula is C18H20ClNO5S. The molecular weight excluding hydrogens is 378 g/mol. The molecule has 0 aliphatic carbocycles. The second-order valence-electron chi connectivity index (χ2n) is 5.66. The van der Waals surface area contributed by atoms with Crippen LogP contribution in [0.1, 0.15) is 15.9 Å². The van der Waals surface area contributed by atoms with Gasteiger partial charge in [-0.05, 0) is 35.9 Å². The second-order valence-corrected chi connectivity index (χ2v) is 7.67. The Kier molecular flexibility index (Phi) is 7.02. The summed E-state index contributed by atoms with van der Waals surface area (Å²) in [4.78, 5) is 14.4. The van der Waals surface area contributed by atoms with Gasteiger partial charge in [-0.25, -0.2) is 0 Å². The van der Waals surface area contributed by atoms with E-state index in [1.807, 2.05) is 0 Å². The van der Waals surface area contributed by atoms with Gasteiger partial charge in [0.15, 0.2) is 0 Å². The Morgan fingerprint density at radius 3 is 2.42 bits per heavy atom. The van der Waals surface area contributed by atoms with Gasteiger partial charge < -0.3 is 13.8 Å². The highest BCUT2D eigenvalue weighted by molar-refractivity contribution is 7.86. The lowest BCUT2D eigenvalue weighted by atomic mass is 10.1. The first kappa shape index (κ1) is 20.2. The van der Waals surface area contributed by atoms with Gasteiger partial charge in [0.2, 0.25) is 0 Å². The van der Waals surface area contributed by atoms with Gasteiger partial charge in [0.05, 0.1) is 12.9 Å². The van der Waals surface area contributed by atoms with Crippen molar-refractivity contribution in [3.05, 3.63) is 64.7 Å². The van der Waals surface area contributed by atoms with Crippen molar-refractivity contribution >= 4 is 27.6 Å². The minimum atomic E-state index is -3.57. The van der Waals surface area contributed by atoms with Crippen LogP contribution in [0.4, 0.5) is 0 Å². The van der Waals surface area contributed by atoms with E-state index in [1.54, 1.807) is 60.5 Å². The molecule has 2 rings (SSSR count). The standard InChI is InChI=1S/C18H20ClNO5S/c1-24-11-10-20(18(21)15-4-3-5-16(19)12-15)13-14-6-8-17(9-7-14)25-26(2,22)23/h3-9,12H,10-11,13H2,1-2H3. The van der Waals surface area contributed by atoms with E-state index < -0.39 is 10.1 Å². The van der Waals surface area contributed by atoms with Crippen molar-refractivity contribution in [1.82, 2.24) is 4.90 Å². The summed E-state index contributed by atoms with van der Waals surface area (Å²) in [5.74, 6) is 0.0573. The zero-order valence-corrected chi connectivity index (χ0v) is 16.1. The Labute approximate surface area is 158 Å². The quantitative estimate of drug-likeness (QED) is 0.640. The Bertz CT molecular complexity index is 852. The molecule has 6 nitrogen and oxygen atoms in total. The summed E-state index contributed by atoms with van der Waals surface area (Å²) >= 11 is 5.97. The van der Waals surface area contributed by atoms with E-state index in [1.165, 1.54) is 0 Å². The maximum Gasteiger partial charge on any atom is 0.306 e. The maximum atomic E-state index is 12.8. The molecule has 0 aliphatic rings. The van der Waals surface area contributed by atoms with Crippen LogP contribution >= 0.6 is 11.6 Å². The van der Waals surface area contributed by atoms with Crippen LogP contribution < -0.4 is 4.18 Å². The first-order valence-corrected chi connectivity index (χ1v) is 10.00.